The Kier molecular flexibility index (Phi) is 6.34. The van der Waals surface area contributed by atoms with E-state index in [1.165, 1.54) is 0 Å². The maximum Gasteiger partial charge on any atom is 0.287 e. The summed E-state index contributed by atoms with van der Waals surface area (Å²) >= 11 is 0. The molecule has 0 atom stereocenters. The van der Waals surface area contributed by atoms with Gasteiger partial charge in [-0.15, -0.1) is 0 Å². The summed E-state index contributed by atoms with van der Waals surface area (Å²) in [6, 6.07) is 7.80. The molecule has 2 aromatic rings. The molecule has 7 nitrogen and oxygen atoms in total. The zero-order valence-corrected chi connectivity index (χ0v) is 16.7. The van der Waals surface area contributed by atoms with Gasteiger partial charge in [-0.25, -0.2) is 4.98 Å². The van der Waals surface area contributed by atoms with E-state index >= 15 is 0 Å². The summed E-state index contributed by atoms with van der Waals surface area (Å²) in [7, 11) is 1.64. The van der Waals surface area contributed by atoms with Crippen LogP contribution in [0.3, 0.4) is 0 Å². The molecule has 0 aliphatic carbocycles. The molecule has 0 saturated heterocycles. The number of methoxy groups -OCH3 is 1. The molecule has 3 rings (SSSR count). The van der Waals surface area contributed by atoms with Crippen molar-refractivity contribution in [1.29, 1.82) is 0 Å². The van der Waals surface area contributed by atoms with Crippen LogP contribution >= 0.6 is 0 Å². The maximum absolute atomic E-state index is 12.7. The lowest BCUT2D eigenvalue weighted by Crippen LogP contribution is -2.33. The van der Waals surface area contributed by atoms with Crippen molar-refractivity contribution < 1.29 is 14.3 Å². The number of hydrogen-bond donors (Lipinski definition) is 2. The van der Waals surface area contributed by atoms with E-state index in [9.17, 15) is 9.59 Å². The standard InChI is InChI=1S/C21H28N4O3/c1-14(2)23-21(27)19-24-18(17-6-4-5-13-25(17)19)20(26)22-12-11-15-7-9-16(28-3)10-8-15/h7-10,14H,4-6,11-13H2,1-3H3,(H,22,26)(H,23,27). The van der Waals surface area contributed by atoms with Crippen molar-refractivity contribution in [1.82, 2.24) is 20.2 Å². The molecular formula is C21H28N4O3. The maximum atomic E-state index is 12.7. The fraction of sp³-hybridized carbons (Fsp3) is 0.476. The Bertz CT molecular complexity index is 840. The van der Waals surface area contributed by atoms with Crippen molar-refractivity contribution in [3.8, 4) is 5.75 Å². The molecule has 1 aromatic carbocycles. The first-order valence-electron chi connectivity index (χ1n) is 9.81. The van der Waals surface area contributed by atoms with Gasteiger partial charge in [0, 0.05) is 19.1 Å². The minimum absolute atomic E-state index is 0.0193. The van der Waals surface area contributed by atoms with E-state index < -0.39 is 0 Å². The van der Waals surface area contributed by atoms with Crippen LogP contribution in [-0.4, -0.2) is 41.1 Å². The van der Waals surface area contributed by atoms with Gasteiger partial charge in [0.2, 0.25) is 0 Å². The lowest BCUT2D eigenvalue weighted by Gasteiger charge is -2.17. The van der Waals surface area contributed by atoms with E-state index in [0.29, 0.717) is 24.5 Å². The molecule has 2 N–H and O–H groups in total. The van der Waals surface area contributed by atoms with Crippen LogP contribution < -0.4 is 15.4 Å². The molecule has 28 heavy (non-hydrogen) atoms. The Balaban J connectivity index is 1.68. The lowest BCUT2D eigenvalue weighted by molar-refractivity contribution is 0.0927. The van der Waals surface area contributed by atoms with E-state index in [1.54, 1.807) is 7.11 Å². The van der Waals surface area contributed by atoms with Gasteiger partial charge < -0.3 is 19.9 Å². The number of ether oxygens (including phenoxy) is 1. The second-order valence-corrected chi connectivity index (χ2v) is 7.32. The van der Waals surface area contributed by atoms with Gasteiger partial charge in [0.15, 0.2) is 5.82 Å². The van der Waals surface area contributed by atoms with Crippen molar-refractivity contribution >= 4 is 11.8 Å². The molecule has 1 aliphatic rings. The highest BCUT2D eigenvalue weighted by Gasteiger charge is 2.27. The molecule has 2 amide bonds. The largest absolute Gasteiger partial charge is 0.497 e. The number of rotatable bonds is 7. The summed E-state index contributed by atoms with van der Waals surface area (Å²) in [5, 5.41) is 5.81. The number of nitrogens with one attached hydrogen (secondary N) is 2. The van der Waals surface area contributed by atoms with Gasteiger partial charge in [-0.3, -0.25) is 9.59 Å². The van der Waals surface area contributed by atoms with Crippen molar-refractivity contribution in [2.45, 2.75) is 52.1 Å². The summed E-state index contributed by atoms with van der Waals surface area (Å²) in [5.74, 6) is 0.700. The van der Waals surface area contributed by atoms with E-state index in [0.717, 1.165) is 42.8 Å². The predicted octanol–water partition coefficient (Wildman–Crippen LogP) is 2.34. The van der Waals surface area contributed by atoms with Crippen molar-refractivity contribution in [2.24, 2.45) is 0 Å². The molecular weight excluding hydrogens is 356 g/mol. The molecule has 0 radical (unpaired) electrons. The fourth-order valence-electron chi connectivity index (χ4n) is 3.42. The number of benzene rings is 1. The van der Waals surface area contributed by atoms with Crippen molar-refractivity contribution in [3.05, 3.63) is 47.0 Å². The highest BCUT2D eigenvalue weighted by atomic mass is 16.5. The highest BCUT2D eigenvalue weighted by molar-refractivity contribution is 5.97. The van der Waals surface area contributed by atoms with Gasteiger partial charge in [-0.2, -0.15) is 0 Å². The zero-order chi connectivity index (χ0) is 20.1. The number of fused-ring (bicyclic) bond motifs is 1. The van der Waals surface area contributed by atoms with Gasteiger partial charge in [0.1, 0.15) is 11.4 Å². The summed E-state index contributed by atoms with van der Waals surface area (Å²) in [4.78, 5) is 29.6. The number of imidazole rings is 1. The summed E-state index contributed by atoms with van der Waals surface area (Å²) in [5.41, 5.74) is 2.36. The van der Waals surface area contributed by atoms with Crippen LogP contribution in [0.25, 0.3) is 0 Å². The van der Waals surface area contributed by atoms with Gasteiger partial charge in [0.05, 0.1) is 12.8 Å². The first kappa shape index (κ1) is 19.9. The average Bonchev–Trinajstić information content (AvgIpc) is 3.08. The van der Waals surface area contributed by atoms with E-state index in [1.807, 2.05) is 42.7 Å². The van der Waals surface area contributed by atoms with Gasteiger partial charge in [-0.1, -0.05) is 12.1 Å². The number of hydrogen-bond acceptors (Lipinski definition) is 4. The second kappa shape index (κ2) is 8.91. The Morgan fingerprint density at radius 2 is 1.93 bits per heavy atom. The van der Waals surface area contributed by atoms with Crippen LogP contribution in [0.2, 0.25) is 0 Å². The number of nitrogens with zero attached hydrogens (tertiary/aromatic N) is 2. The third kappa shape index (κ3) is 4.52. The summed E-state index contributed by atoms with van der Waals surface area (Å²) in [6.45, 7) is 5.04. The minimum atomic E-state index is -0.226. The second-order valence-electron chi connectivity index (χ2n) is 7.32. The monoisotopic (exact) mass is 384 g/mol. The molecule has 0 fully saturated rings. The zero-order valence-electron chi connectivity index (χ0n) is 16.7. The molecule has 2 heterocycles. The quantitative estimate of drug-likeness (QED) is 0.767. The van der Waals surface area contributed by atoms with Crippen LogP contribution in [0, 0.1) is 0 Å². The summed E-state index contributed by atoms with van der Waals surface area (Å²) < 4.78 is 7.06. The fourth-order valence-corrected chi connectivity index (χ4v) is 3.42. The van der Waals surface area contributed by atoms with Crippen LogP contribution in [0.15, 0.2) is 24.3 Å². The van der Waals surface area contributed by atoms with Crippen LogP contribution in [0.1, 0.15) is 59.1 Å². The number of carbonyl (C=O) groups excluding carboxylic acids is 2. The van der Waals surface area contributed by atoms with E-state index in [4.69, 9.17) is 4.74 Å². The Labute approximate surface area is 165 Å². The van der Waals surface area contributed by atoms with Crippen LogP contribution in [-0.2, 0) is 19.4 Å². The Morgan fingerprint density at radius 1 is 1.18 bits per heavy atom. The molecule has 0 spiro atoms. The Morgan fingerprint density at radius 3 is 2.61 bits per heavy atom. The molecule has 1 aliphatic heterocycles. The molecule has 0 bridgehead atoms. The molecule has 0 unspecified atom stereocenters. The van der Waals surface area contributed by atoms with E-state index in [2.05, 4.69) is 15.6 Å². The van der Waals surface area contributed by atoms with Gasteiger partial charge in [-0.05, 0) is 57.2 Å². The molecule has 0 saturated carbocycles. The third-order valence-corrected chi connectivity index (χ3v) is 4.81. The van der Waals surface area contributed by atoms with Gasteiger partial charge >= 0.3 is 0 Å². The van der Waals surface area contributed by atoms with Gasteiger partial charge in [0.25, 0.3) is 11.8 Å². The smallest absolute Gasteiger partial charge is 0.287 e. The van der Waals surface area contributed by atoms with Crippen molar-refractivity contribution in [3.63, 3.8) is 0 Å². The Hall–Kier alpha value is -2.83. The lowest BCUT2D eigenvalue weighted by atomic mass is 10.1. The molecule has 1 aromatic heterocycles. The van der Waals surface area contributed by atoms with Crippen molar-refractivity contribution in [2.75, 3.05) is 13.7 Å². The first-order valence-corrected chi connectivity index (χ1v) is 9.81. The molecule has 150 valence electrons. The number of carbonyl (C=O) groups is 2. The normalized spacial score (nSPS) is 13.1. The highest BCUT2D eigenvalue weighted by Crippen LogP contribution is 2.21. The first-order chi connectivity index (χ1) is 13.5. The molecule has 7 heteroatoms. The third-order valence-electron chi connectivity index (χ3n) is 4.81. The van der Waals surface area contributed by atoms with E-state index in [-0.39, 0.29) is 17.9 Å². The predicted molar refractivity (Wildman–Crippen MR) is 107 cm³/mol. The summed E-state index contributed by atoms with van der Waals surface area (Å²) in [6.07, 6.45) is 3.47. The SMILES string of the molecule is COc1ccc(CCNC(=O)c2nc(C(=O)NC(C)C)n3c2CCCC3)cc1. The topological polar surface area (TPSA) is 85.2 Å². The van der Waals surface area contributed by atoms with Crippen LogP contribution in [0.4, 0.5) is 0 Å². The number of aromatic nitrogens is 2. The number of amides is 2. The minimum Gasteiger partial charge on any atom is -0.497 e. The van der Waals surface area contributed by atoms with Crippen LogP contribution in [0.5, 0.6) is 5.75 Å². The average molecular weight is 384 g/mol.